The first kappa shape index (κ1) is 18.9. The SMILES string of the molecule is NCCCNC(=O)OC[C@H]1O[C@@H](n2cnc(C(N)=O)c2O)[C@H](O)[C@@H]1O. The molecule has 1 aromatic rings. The highest BCUT2D eigenvalue weighted by Crippen LogP contribution is 2.33. The van der Waals surface area contributed by atoms with Crippen LogP contribution in [0.3, 0.4) is 0 Å². The van der Waals surface area contributed by atoms with Gasteiger partial charge in [-0.1, -0.05) is 0 Å². The third-order valence-electron chi connectivity index (χ3n) is 3.64. The smallest absolute Gasteiger partial charge is 0.407 e. The minimum absolute atomic E-state index is 0.332. The summed E-state index contributed by atoms with van der Waals surface area (Å²) < 4.78 is 11.3. The highest BCUT2D eigenvalue weighted by Gasteiger charge is 2.45. The van der Waals surface area contributed by atoms with E-state index in [1.165, 1.54) is 0 Å². The molecule has 2 rings (SSSR count). The van der Waals surface area contributed by atoms with Gasteiger partial charge in [0.1, 0.15) is 31.2 Å². The van der Waals surface area contributed by atoms with Crippen molar-refractivity contribution in [2.45, 2.75) is 31.0 Å². The van der Waals surface area contributed by atoms with E-state index in [0.29, 0.717) is 19.5 Å². The number of aliphatic hydroxyl groups excluding tert-OH is 2. The van der Waals surface area contributed by atoms with Crippen molar-refractivity contribution < 1.29 is 34.4 Å². The highest BCUT2D eigenvalue weighted by atomic mass is 16.6. The molecule has 1 fully saturated rings. The van der Waals surface area contributed by atoms with Crippen LogP contribution in [0.4, 0.5) is 4.79 Å². The number of nitrogens with two attached hydrogens (primary N) is 2. The van der Waals surface area contributed by atoms with E-state index in [1.54, 1.807) is 0 Å². The maximum absolute atomic E-state index is 11.5. The van der Waals surface area contributed by atoms with Crippen molar-refractivity contribution in [1.29, 1.82) is 0 Å². The number of imidazole rings is 1. The normalized spacial score (nSPS) is 25.7. The van der Waals surface area contributed by atoms with Gasteiger partial charge < -0.3 is 41.6 Å². The lowest BCUT2D eigenvalue weighted by Gasteiger charge is -2.16. The molecular formula is C13H21N5O7. The highest BCUT2D eigenvalue weighted by molar-refractivity contribution is 5.93. The van der Waals surface area contributed by atoms with Gasteiger partial charge in [-0.05, 0) is 13.0 Å². The summed E-state index contributed by atoms with van der Waals surface area (Å²) in [6.45, 7) is 0.426. The van der Waals surface area contributed by atoms with Gasteiger partial charge in [0, 0.05) is 6.54 Å². The zero-order valence-corrected chi connectivity index (χ0v) is 13.2. The van der Waals surface area contributed by atoms with Crippen LogP contribution in [0.1, 0.15) is 23.1 Å². The van der Waals surface area contributed by atoms with Crippen LogP contribution < -0.4 is 16.8 Å². The maximum atomic E-state index is 11.5. The fourth-order valence-electron chi connectivity index (χ4n) is 2.31. The summed E-state index contributed by atoms with van der Waals surface area (Å²) in [6.07, 6.45) is -4.21. The number of rotatable bonds is 7. The van der Waals surface area contributed by atoms with Crippen LogP contribution in [0.15, 0.2) is 6.33 Å². The van der Waals surface area contributed by atoms with Crippen LogP contribution in [-0.4, -0.2) is 74.9 Å². The number of primary amides is 1. The molecule has 0 unspecified atom stereocenters. The second-order valence-corrected chi connectivity index (χ2v) is 5.40. The molecule has 8 N–H and O–H groups in total. The Morgan fingerprint density at radius 3 is 2.72 bits per heavy atom. The first-order valence-corrected chi connectivity index (χ1v) is 7.54. The van der Waals surface area contributed by atoms with E-state index in [2.05, 4.69) is 10.3 Å². The second kappa shape index (κ2) is 8.11. The number of ether oxygens (including phenoxy) is 2. The van der Waals surface area contributed by atoms with Gasteiger partial charge in [0.05, 0.1) is 0 Å². The maximum Gasteiger partial charge on any atom is 0.407 e. The Labute approximate surface area is 142 Å². The Balaban J connectivity index is 1.96. The van der Waals surface area contributed by atoms with Gasteiger partial charge in [-0.25, -0.2) is 9.78 Å². The fraction of sp³-hybridized carbons (Fsp3) is 0.615. The third kappa shape index (κ3) is 4.17. The number of aliphatic hydroxyl groups is 2. The van der Waals surface area contributed by atoms with Gasteiger partial charge >= 0.3 is 6.09 Å². The number of aromatic nitrogens is 2. The summed E-state index contributed by atoms with van der Waals surface area (Å²) in [6, 6.07) is 0. The molecule has 2 heterocycles. The van der Waals surface area contributed by atoms with E-state index >= 15 is 0 Å². The van der Waals surface area contributed by atoms with E-state index in [4.69, 9.17) is 20.9 Å². The first-order chi connectivity index (χ1) is 11.9. The third-order valence-corrected chi connectivity index (χ3v) is 3.64. The van der Waals surface area contributed by atoms with E-state index in [0.717, 1.165) is 10.9 Å². The van der Waals surface area contributed by atoms with Crippen molar-refractivity contribution >= 4 is 12.0 Å². The van der Waals surface area contributed by atoms with Crippen LogP contribution in [0.5, 0.6) is 5.88 Å². The summed E-state index contributed by atoms with van der Waals surface area (Å²) in [5.74, 6) is -1.57. The Bertz CT molecular complexity index is 622. The van der Waals surface area contributed by atoms with Crippen LogP contribution in [-0.2, 0) is 9.47 Å². The van der Waals surface area contributed by atoms with Crippen molar-refractivity contribution in [1.82, 2.24) is 14.9 Å². The summed E-state index contributed by atoms with van der Waals surface area (Å²) in [7, 11) is 0. The molecule has 2 amide bonds. The Hall–Kier alpha value is -2.41. The van der Waals surface area contributed by atoms with Crippen molar-refractivity contribution in [3.63, 3.8) is 0 Å². The van der Waals surface area contributed by atoms with Gasteiger partial charge in [0.2, 0.25) is 5.88 Å². The topological polar surface area (TPSA) is 195 Å². The van der Waals surface area contributed by atoms with E-state index < -0.39 is 48.1 Å². The number of hydrogen-bond acceptors (Lipinski definition) is 9. The monoisotopic (exact) mass is 359 g/mol. The molecule has 0 saturated carbocycles. The molecule has 12 nitrogen and oxygen atoms in total. The number of amides is 2. The number of alkyl carbamates (subject to hydrolysis) is 1. The number of aromatic hydroxyl groups is 1. The van der Waals surface area contributed by atoms with Crippen LogP contribution in [0, 0.1) is 0 Å². The lowest BCUT2D eigenvalue weighted by Crippen LogP contribution is -2.36. The van der Waals surface area contributed by atoms with E-state index in [9.17, 15) is 24.9 Å². The molecule has 12 heteroatoms. The van der Waals surface area contributed by atoms with Crippen molar-refractivity contribution in [3.05, 3.63) is 12.0 Å². The number of hydrogen-bond donors (Lipinski definition) is 6. The first-order valence-electron chi connectivity index (χ1n) is 7.54. The zero-order valence-electron chi connectivity index (χ0n) is 13.2. The Kier molecular flexibility index (Phi) is 6.14. The molecule has 0 radical (unpaired) electrons. The van der Waals surface area contributed by atoms with Crippen molar-refractivity contribution in [2.75, 3.05) is 19.7 Å². The molecule has 25 heavy (non-hydrogen) atoms. The molecule has 0 aromatic carbocycles. The average Bonchev–Trinajstić information content (AvgIpc) is 3.07. The number of nitrogens with one attached hydrogen (secondary N) is 1. The minimum atomic E-state index is -1.45. The predicted octanol–water partition coefficient (Wildman–Crippen LogP) is -2.62. The van der Waals surface area contributed by atoms with Gasteiger partial charge in [-0.15, -0.1) is 0 Å². The zero-order chi connectivity index (χ0) is 18.6. The molecule has 1 saturated heterocycles. The fourth-order valence-corrected chi connectivity index (χ4v) is 2.31. The van der Waals surface area contributed by atoms with Gasteiger partial charge in [-0.3, -0.25) is 9.36 Å². The molecule has 4 atom stereocenters. The van der Waals surface area contributed by atoms with Crippen LogP contribution in [0.2, 0.25) is 0 Å². The van der Waals surface area contributed by atoms with Gasteiger partial charge in [0.25, 0.3) is 5.91 Å². The average molecular weight is 359 g/mol. The largest absolute Gasteiger partial charge is 0.493 e. The molecule has 1 aliphatic heterocycles. The molecule has 1 aromatic heterocycles. The molecular weight excluding hydrogens is 338 g/mol. The minimum Gasteiger partial charge on any atom is -0.493 e. The second-order valence-electron chi connectivity index (χ2n) is 5.40. The molecule has 1 aliphatic rings. The number of carbonyl (C=O) groups excluding carboxylic acids is 2. The lowest BCUT2D eigenvalue weighted by molar-refractivity contribution is -0.0573. The number of carbonyl (C=O) groups is 2. The predicted molar refractivity (Wildman–Crippen MR) is 81.4 cm³/mol. The van der Waals surface area contributed by atoms with Gasteiger partial charge in [-0.2, -0.15) is 0 Å². The summed E-state index contributed by atoms with van der Waals surface area (Å²) >= 11 is 0. The van der Waals surface area contributed by atoms with Gasteiger partial charge in [0.15, 0.2) is 11.9 Å². The quantitative estimate of drug-likeness (QED) is 0.282. The molecule has 140 valence electrons. The lowest BCUT2D eigenvalue weighted by atomic mass is 10.1. The van der Waals surface area contributed by atoms with Crippen LogP contribution in [0.25, 0.3) is 0 Å². The summed E-state index contributed by atoms with van der Waals surface area (Å²) in [5.41, 5.74) is 9.94. The van der Waals surface area contributed by atoms with Crippen molar-refractivity contribution in [2.24, 2.45) is 11.5 Å². The van der Waals surface area contributed by atoms with E-state index in [-0.39, 0.29) is 6.61 Å². The van der Waals surface area contributed by atoms with E-state index in [1.807, 2.05) is 0 Å². The Morgan fingerprint density at radius 1 is 1.40 bits per heavy atom. The van der Waals surface area contributed by atoms with Crippen molar-refractivity contribution in [3.8, 4) is 5.88 Å². The Morgan fingerprint density at radius 2 is 2.12 bits per heavy atom. The molecule has 0 bridgehead atoms. The van der Waals surface area contributed by atoms with Crippen LogP contribution >= 0.6 is 0 Å². The number of nitrogens with zero attached hydrogens (tertiary/aromatic N) is 2. The molecule has 0 aliphatic carbocycles. The standard InChI is InChI=1S/C13H21N5O7/c14-2-1-3-16-13(23)24-4-6-8(19)9(20)12(25-6)18-5-17-7(10(15)21)11(18)22/h5-6,8-9,12,19-20,22H,1-4,14H2,(H2,15,21)(H,16,23)/t6-,8-,9-,12-/m1/s1. The molecule has 0 spiro atoms. The summed E-state index contributed by atoms with van der Waals surface area (Å²) in [4.78, 5) is 26.2. The summed E-state index contributed by atoms with van der Waals surface area (Å²) in [5, 5.41) is 32.4.